The van der Waals surface area contributed by atoms with Gasteiger partial charge in [0.15, 0.2) is 0 Å². The Morgan fingerprint density at radius 3 is 3.04 bits per heavy atom. The van der Waals surface area contributed by atoms with Gasteiger partial charge in [-0.3, -0.25) is 9.36 Å². The van der Waals surface area contributed by atoms with E-state index in [2.05, 4.69) is 21.2 Å². The van der Waals surface area contributed by atoms with E-state index >= 15 is 0 Å². The summed E-state index contributed by atoms with van der Waals surface area (Å²) in [5.41, 5.74) is 1.84. The zero-order valence-electron chi connectivity index (χ0n) is 15.4. The Hall–Kier alpha value is -3.33. The van der Waals surface area contributed by atoms with Crippen LogP contribution in [0.3, 0.4) is 0 Å². The van der Waals surface area contributed by atoms with E-state index in [0.717, 1.165) is 36.1 Å². The number of anilines is 2. The second kappa shape index (κ2) is 6.68. The molecule has 2 atom stereocenters. The molecule has 1 aliphatic carbocycles. The van der Waals surface area contributed by atoms with Crippen LogP contribution in [0.4, 0.5) is 11.6 Å². The van der Waals surface area contributed by atoms with Crippen LogP contribution in [0.25, 0.3) is 11.0 Å². The van der Waals surface area contributed by atoms with Crippen molar-refractivity contribution < 1.29 is 4.74 Å². The number of nitrogens with one attached hydrogen (secondary N) is 1. The molecule has 6 heteroatoms. The van der Waals surface area contributed by atoms with Crippen molar-refractivity contribution in [1.82, 2.24) is 14.5 Å². The normalized spacial score (nSPS) is 20.8. The predicted molar refractivity (Wildman–Crippen MR) is 108 cm³/mol. The first-order valence-corrected chi connectivity index (χ1v) is 9.56. The molecule has 0 saturated heterocycles. The summed E-state index contributed by atoms with van der Waals surface area (Å²) in [5, 5.41) is 3.94. The average Bonchev–Trinajstić information content (AvgIpc) is 3.15. The van der Waals surface area contributed by atoms with Crippen molar-refractivity contribution >= 4 is 22.7 Å². The van der Waals surface area contributed by atoms with Crippen LogP contribution in [0, 0.1) is 24.2 Å². The largest absolute Gasteiger partial charge is 0.493 e. The Morgan fingerprint density at radius 1 is 1.25 bits per heavy atom. The lowest BCUT2D eigenvalue weighted by molar-refractivity contribution is 0.246. The Kier molecular flexibility index (Phi) is 4.01. The van der Waals surface area contributed by atoms with Crippen LogP contribution in [-0.2, 0) is 6.54 Å². The lowest BCUT2D eigenvalue weighted by Gasteiger charge is -2.17. The average molecular weight is 372 g/mol. The smallest absolute Gasteiger partial charge is 0.253 e. The molecule has 5 rings (SSSR count). The molecule has 3 heterocycles. The molecule has 1 saturated carbocycles. The van der Waals surface area contributed by atoms with E-state index in [1.807, 2.05) is 24.3 Å². The zero-order chi connectivity index (χ0) is 19.1. The highest BCUT2D eigenvalue weighted by molar-refractivity contribution is 5.82. The third kappa shape index (κ3) is 2.99. The number of fused-ring (bicyclic) bond motifs is 5. The summed E-state index contributed by atoms with van der Waals surface area (Å²) in [5.74, 6) is 4.77. The van der Waals surface area contributed by atoms with Crippen LogP contribution >= 0.6 is 0 Å². The fraction of sp³-hybridized carbons (Fsp3) is 0.318. The number of hydrogen-bond acceptors (Lipinski definition) is 5. The summed E-state index contributed by atoms with van der Waals surface area (Å²) in [6.45, 7) is 1.33. The number of hydrogen-bond donors (Lipinski definition) is 1. The fourth-order valence-electron chi connectivity index (χ4n) is 4.27. The number of pyridine rings is 1. The molecule has 140 valence electrons. The Labute approximate surface area is 162 Å². The maximum absolute atomic E-state index is 12.8. The van der Waals surface area contributed by atoms with Crippen LogP contribution in [0.5, 0.6) is 5.75 Å². The molecule has 1 aromatic carbocycles. The SMILES string of the molecule is C#Cc1cc(=O)n2c3nc(ncc13)Nc1cccc(c1)OC[C@H]1CC[C@H](C1)C2. The number of ether oxygens (including phenoxy) is 1. The first kappa shape index (κ1) is 16.8. The van der Waals surface area contributed by atoms with Gasteiger partial charge in [-0.15, -0.1) is 6.42 Å². The quantitative estimate of drug-likeness (QED) is 0.613. The van der Waals surface area contributed by atoms with E-state index in [-0.39, 0.29) is 5.56 Å². The highest BCUT2D eigenvalue weighted by Gasteiger charge is 2.27. The summed E-state index contributed by atoms with van der Waals surface area (Å²) < 4.78 is 7.77. The van der Waals surface area contributed by atoms with Crippen molar-refractivity contribution in [3.8, 4) is 18.1 Å². The molecule has 0 unspecified atom stereocenters. The molecular weight excluding hydrogens is 352 g/mol. The van der Waals surface area contributed by atoms with Gasteiger partial charge in [0.25, 0.3) is 5.56 Å². The maximum Gasteiger partial charge on any atom is 0.253 e. The first-order valence-electron chi connectivity index (χ1n) is 9.56. The van der Waals surface area contributed by atoms with Gasteiger partial charge in [-0.25, -0.2) is 4.98 Å². The third-order valence-electron chi connectivity index (χ3n) is 5.67. The van der Waals surface area contributed by atoms with Gasteiger partial charge in [-0.1, -0.05) is 12.0 Å². The fourth-order valence-corrected chi connectivity index (χ4v) is 4.27. The van der Waals surface area contributed by atoms with Gasteiger partial charge in [0.1, 0.15) is 11.4 Å². The summed E-state index contributed by atoms with van der Waals surface area (Å²) in [6.07, 6.45) is 10.5. The van der Waals surface area contributed by atoms with Crippen molar-refractivity contribution in [1.29, 1.82) is 0 Å². The number of benzene rings is 1. The van der Waals surface area contributed by atoms with Gasteiger partial charge in [0.05, 0.1) is 12.0 Å². The molecule has 1 N–H and O–H groups in total. The minimum atomic E-state index is -0.112. The highest BCUT2D eigenvalue weighted by atomic mass is 16.5. The van der Waals surface area contributed by atoms with Crippen molar-refractivity contribution in [3.63, 3.8) is 0 Å². The summed E-state index contributed by atoms with van der Waals surface area (Å²) in [4.78, 5) is 21.9. The van der Waals surface area contributed by atoms with E-state index in [4.69, 9.17) is 11.2 Å². The molecule has 6 bridgehead atoms. The molecule has 1 aliphatic heterocycles. The van der Waals surface area contributed by atoms with E-state index in [0.29, 0.717) is 42.1 Å². The van der Waals surface area contributed by atoms with Gasteiger partial charge in [-0.2, -0.15) is 4.98 Å². The topological polar surface area (TPSA) is 69.0 Å². The minimum Gasteiger partial charge on any atom is -0.493 e. The molecule has 2 aliphatic rings. The number of terminal acetylenes is 1. The predicted octanol–water partition coefficient (Wildman–Crippen LogP) is 3.33. The van der Waals surface area contributed by atoms with E-state index in [1.165, 1.54) is 6.07 Å². The van der Waals surface area contributed by atoms with E-state index in [9.17, 15) is 4.79 Å². The Morgan fingerprint density at radius 2 is 2.14 bits per heavy atom. The van der Waals surface area contributed by atoms with Crippen LogP contribution in [0.2, 0.25) is 0 Å². The summed E-state index contributed by atoms with van der Waals surface area (Å²) in [7, 11) is 0. The van der Waals surface area contributed by atoms with Crippen molar-refractivity contribution in [2.24, 2.45) is 11.8 Å². The van der Waals surface area contributed by atoms with Crippen LogP contribution in [0.1, 0.15) is 24.8 Å². The molecule has 1 fully saturated rings. The molecule has 28 heavy (non-hydrogen) atoms. The standard InChI is InChI=1S/C22H20N4O2/c1-2-16-9-20(27)26-12-14-6-7-15(8-14)13-28-18-5-3-4-17(10-18)24-22-23-11-19(16)21(26)25-22/h1,3-5,9-11,14-15H,6-8,12-13H2,(H,23,24,25)/t14-,15+/m1/s1. The van der Waals surface area contributed by atoms with Crippen LogP contribution < -0.4 is 15.6 Å². The van der Waals surface area contributed by atoms with E-state index in [1.54, 1.807) is 10.8 Å². The third-order valence-corrected chi connectivity index (χ3v) is 5.67. The minimum absolute atomic E-state index is 0.112. The molecular formula is C22H20N4O2. The van der Waals surface area contributed by atoms with Crippen LogP contribution in [0.15, 0.2) is 41.3 Å². The lowest BCUT2D eigenvalue weighted by Crippen LogP contribution is -2.25. The molecule has 0 amide bonds. The molecule has 0 radical (unpaired) electrons. The number of aromatic nitrogens is 3. The first-order chi connectivity index (χ1) is 13.7. The second-order valence-electron chi connectivity index (χ2n) is 7.59. The van der Waals surface area contributed by atoms with Gasteiger partial charge in [-0.05, 0) is 43.2 Å². The van der Waals surface area contributed by atoms with Gasteiger partial charge in [0, 0.05) is 36.1 Å². The monoisotopic (exact) mass is 372 g/mol. The van der Waals surface area contributed by atoms with Gasteiger partial charge in [0.2, 0.25) is 5.95 Å². The lowest BCUT2D eigenvalue weighted by atomic mass is 10.0. The van der Waals surface area contributed by atoms with Gasteiger partial charge >= 0.3 is 0 Å². The summed E-state index contributed by atoms with van der Waals surface area (Å²) in [6, 6.07) is 9.29. The Balaban J connectivity index is 1.70. The highest BCUT2D eigenvalue weighted by Crippen LogP contribution is 2.33. The molecule has 2 aromatic heterocycles. The number of rotatable bonds is 0. The molecule has 3 aromatic rings. The second-order valence-corrected chi connectivity index (χ2v) is 7.59. The van der Waals surface area contributed by atoms with Crippen LogP contribution in [-0.4, -0.2) is 21.1 Å². The number of nitrogens with zero attached hydrogens (tertiary/aromatic N) is 3. The van der Waals surface area contributed by atoms with Crippen molar-refractivity contribution in [2.45, 2.75) is 25.8 Å². The summed E-state index contributed by atoms with van der Waals surface area (Å²) >= 11 is 0. The maximum atomic E-state index is 12.8. The molecule has 6 nitrogen and oxygen atoms in total. The Bertz CT molecular complexity index is 1160. The van der Waals surface area contributed by atoms with Gasteiger partial charge < -0.3 is 10.1 Å². The van der Waals surface area contributed by atoms with Crippen molar-refractivity contribution in [3.05, 3.63) is 52.4 Å². The zero-order valence-corrected chi connectivity index (χ0v) is 15.4. The van der Waals surface area contributed by atoms with Crippen molar-refractivity contribution in [2.75, 3.05) is 11.9 Å². The van der Waals surface area contributed by atoms with E-state index < -0.39 is 0 Å². The molecule has 0 spiro atoms.